The average molecular weight is 272 g/mol. The maximum absolute atomic E-state index is 5.37. The van der Waals surface area contributed by atoms with Gasteiger partial charge in [0.15, 0.2) is 0 Å². The largest absolute Gasteiger partial charge is 0.384 e. The summed E-state index contributed by atoms with van der Waals surface area (Å²) in [6.07, 6.45) is 5.87. The van der Waals surface area contributed by atoms with E-state index < -0.39 is 0 Å². The van der Waals surface area contributed by atoms with Crippen molar-refractivity contribution in [3.63, 3.8) is 0 Å². The zero-order valence-electron chi connectivity index (χ0n) is 12.0. The van der Waals surface area contributed by atoms with Crippen molar-refractivity contribution in [2.75, 3.05) is 20.3 Å². The lowest BCUT2D eigenvalue weighted by Gasteiger charge is -2.31. The van der Waals surface area contributed by atoms with Crippen LogP contribution in [-0.2, 0) is 24.9 Å². The Balaban J connectivity index is 1.79. The summed E-state index contributed by atoms with van der Waals surface area (Å²) in [7, 11) is 3.74. The molecule has 2 aromatic rings. The molecule has 20 heavy (non-hydrogen) atoms. The van der Waals surface area contributed by atoms with Gasteiger partial charge in [0.2, 0.25) is 0 Å². The van der Waals surface area contributed by atoms with Gasteiger partial charge in [-0.3, -0.25) is 14.6 Å². The van der Waals surface area contributed by atoms with E-state index >= 15 is 0 Å². The molecule has 1 atom stereocenters. The van der Waals surface area contributed by atoms with Crippen molar-refractivity contribution in [1.82, 2.24) is 19.7 Å². The Kier molecular flexibility index (Phi) is 3.80. The summed E-state index contributed by atoms with van der Waals surface area (Å²) >= 11 is 0. The molecule has 0 aromatic carbocycles. The smallest absolute Gasteiger partial charge is 0.0800 e. The molecule has 2 aromatic heterocycles. The van der Waals surface area contributed by atoms with Gasteiger partial charge >= 0.3 is 0 Å². The van der Waals surface area contributed by atoms with Gasteiger partial charge in [0, 0.05) is 63.9 Å². The van der Waals surface area contributed by atoms with Crippen LogP contribution in [0.5, 0.6) is 0 Å². The van der Waals surface area contributed by atoms with E-state index in [0.717, 1.165) is 26.2 Å². The molecule has 5 nitrogen and oxygen atoms in total. The molecular formula is C15H20N4O. The summed E-state index contributed by atoms with van der Waals surface area (Å²) in [4.78, 5) is 6.60. The highest BCUT2D eigenvalue weighted by Gasteiger charge is 2.27. The SMILES string of the molecule is COCC1CN(Cc2cccnc2)Cc2nn(C)cc21. The van der Waals surface area contributed by atoms with E-state index in [9.17, 15) is 0 Å². The molecule has 0 amide bonds. The maximum Gasteiger partial charge on any atom is 0.0800 e. The Morgan fingerprint density at radius 3 is 3.10 bits per heavy atom. The molecule has 0 spiro atoms. The molecule has 106 valence electrons. The molecule has 3 heterocycles. The molecule has 0 aliphatic carbocycles. The van der Waals surface area contributed by atoms with Gasteiger partial charge in [-0.05, 0) is 11.6 Å². The molecule has 0 bridgehead atoms. The van der Waals surface area contributed by atoms with Crippen LogP contribution >= 0.6 is 0 Å². The Morgan fingerprint density at radius 1 is 1.45 bits per heavy atom. The molecule has 1 aliphatic heterocycles. The van der Waals surface area contributed by atoms with Crippen molar-refractivity contribution in [1.29, 1.82) is 0 Å². The lowest BCUT2D eigenvalue weighted by molar-refractivity contribution is 0.135. The minimum atomic E-state index is 0.397. The van der Waals surface area contributed by atoms with Crippen molar-refractivity contribution in [2.45, 2.75) is 19.0 Å². The molecule has 5 heteroatoms. The van der Waals surface area contributed by atoms with E-state index in [1.807, 2.05) is 30.2 Å². The number of pyridine rings is 1. The van der Waals surface area contributed by atoms with Crippen LogP contribution in [0.2, 0.25) is 0 Å². The first-order chi connectivity index (χ1) is 9.76. The molecule has 3 rings (SSSR count). The van der Waals surface area contributed by atoms with Gasteiger partial charge in [-0.2, -0.15) is 5.10 Å². The monoisotopic (exact) mass is 272 g/mol. The van der Waals surface area contributed by atoms with Crippen LogP contribution in [0.4, 0.5) is 0 Å². The zero-order valence-corrected chi connectivity index (χ0v) is 12.0. The number of aromatic nitrogens is 3. The summed E-state index contributed by atoms with van der Waals surface area (Å²) in [5.41, 5.74) is 3.74. The van der Waals surface area contributed by atoms with E-state index in [2.05, 4.69) is 27.2 Å². The lowest BCUT2D eigenvalue weighted by Crippen LogP contribution is -2.34. The summed E-state index contributed by atoms with van der Waals surface area (Å²) in [6, 6.07) is 4.10. The van der Waals surface area contributed by atoms with Gasteiger partial charge in [-0.25, -0.2) is 0 Å². The number of hydrogen-bond donors (Lipinski definition) is 0. The summed E-state index contributed by atoms with van der Waals surface area (Å²) in [5, 5.41) is 4.58. The van der Waals surface area contributed by atoms with Gasteiger partial charge in [0.1, 0.15) is 0 Å². The average Bonchev–Trinajstić information content (AvgIpc) is 2.81. The van der Waals surface area contributed by atoms with E-state index in [1.54, 1.807) is 7.11 Å². The molecule has 0 radical (unpaired) electrons. The molecule has 0 N–H and O–H groups in total. The number of fused-ring (bicyclic) bond motifs is 1. The van der Waals surface area contributed by atoms with E-state index in [1.165, 1.54) is 16.8 Å². The second-order valence-corrected chi connectivity index (χ2v) is 5.39. The molecule has 1 aliphatic rings. The van der Waals surface area contributed by atoms with Crippen LogP contribution < -0.4 is 0 Å². The highest BCUT2D eigenvalue weighted by atomic mass is 16.5. The topological polar surface area (TPSA) is 43.2 Å². The Hall–Kier alpha value is -1.72. The summed E-state index contributed by atoms with van der Waals surface area (Å²) in [6.45, 7) is 3.54. The van der Waals surface area contributed by atoms with Crippen LogP contribution in [0, 0.1) is 0 Å². The summed E-state index contributed by atoms with van der Waals surface area (Å²) in [5.74, 6) is 0.397. The van der Waals surface area contributed by atoms with Gasteiger partial charge in [-0.1, -0.05) is 6.07 Å². The molecule has 0 fully saturated rings. The van der Waals surface area contributed by atoms with Crippen LogP contribution in [0.1, 0.15) is 22.7 Å². The third-order valence-corrected chi connectivity index (χ3v) is 3.73. The number of ether oxygens (including phenoxy) is 1. The predicted octanol–water partition coefficient (Wildman–Crippen LogP) is 1.56. The van der Waals surface area contributed by atoms with Gasteiger partial charge in [0.25, 0.3) is 0 Å². The Bertz CT molecular complexity index is 567. The van der Waals surface area contributed by atoms with Crippen molar-refractivity contribution in [3.05, 3.63) is 47.5 Å². The molecule has 1 unspecified atom stereocenters. The van der Waals surface area contributed by atoms with Crippen molar-refractivity contribution >= 4 is 0 Å². The number of methoxy groups -OCH3 is 1. The molecular weight excluding hydrogens is 252 g/mol. The summed E-state index contributed by atoms with van der Waals surface area (Å²) < 4.78 is 7.27. The maximum atomic E-state index is 5.37. The third kappa shape index (κ3) is 2.73. The highest BCUT2D eigenvalue weighted by molar-refractivity contribution is 5.25. The normalized spacial score (nSPS) is 19.0. The predicted molar refractivity (Wildman–Crippen MR) is 76.2 cm³/mol. The van der Waals surface area contributed by atoms with E-state index in [-0.39, 0.29) is 0 Å². The molecule has 0 saturated carbocycles. The first kappa shape index (κ1) is 13.3. The van der Waals surface area contributed by atoms with Crippen LogP contribution in [0.15, 0.2) is 30.7 Å². The van der Waals surface area contributed by atoms with Gasteiger partial charge < -0.3 is 4.74 Å². The zero-order chi connectivity index (χ0) is 13.9. The van der Waals surface area contributed by atoms with Crippen molar-refractivity contribution in [2.24, 2.45) is 7.05 Å². The first-order valence-corrected chi connectivity index (χ1v) is 6.89. The molecule has 0 saturated heterocycles. The van der Waals surface area contributed by atoms with Gasteiger partial charge in [-0.15, -0.1) is 0 Å². The minimum Gasteiger partial charge on any atom is -0.384 e. The highest BCUT2D eigenvalue weighted by Crippen LogP contribution is 2.28. The fraction of sp³-hybridized carbons (Fsp3) is 0.467. The van der Waals surface area contributed by atoms with Gasteiger partial charge in [0.05, 0.1) is 12.3 Å². The minimum absolute atomic E-state index is 0.397. The Morgan fingerprint density at radius 2 is 2.35 bits per heavy atom. The van der Waals surface area contributed by atoms with Crippen LogP contribution in [0.3, 0.4) is 0 Å². The third-order valence-electron chi connectivity index (χ3n) is 3.73. The van der Waals surface area contributed by atoms with Crippen LogP contribution in [-0.4, -0.2) is 39.9 Å². The second kappa shape index (κ2) is 5.73. The van der Waals surface area contributed by atoms with E-state index in [0.29, 0.717) is 5.92 Å². The number of rotatable bonds is 4. The number of hydrogen-bond acceptors (Lipinski definition) is 4. The fourth-order valence-electron chi connectivity index (χ4n) is 2.92. The number of aryl methyl sites for hydroxylation is 1. The van der Waals surface area contributed by atoms with Crippen LogP contribution in [0.25, 0.3) is 0 Å². The number of nitrogens with zero attached hydrogens (tertiary/aromatic N) is 4. The van der Waals surface area contributed by atoms with Crippen molar-refractivity contribution < 1.29 is 4.74 Å². The first-order valence-electron chi connectivity index (χ1n) is 6.89. The lowest BCUT2D eigenvalue weighted by atomic mass is 9.95. The van der Waals surface area contributed by atoms with E-state index in [4.69, 9.17) is 4.74 Å². The fourth-order valence-corrected chi connectivity index (χ4v) is 2.92. The van der Waals surface area contributed by atoms with Crippen molar-refractivity contribution in [3.8, 4) is 0 Å². The Labute approximate surface area is 119 Å². The quantitative estimate of drug-likeness (QED) is 0.847. The standard InChI is InChI=1S/C15H20N4O/c1-18-9-14-13(11-20-2)8-19(10-15(14)17-18)7-12-4-3-5-16-6-12/h3-6,9,13H,7-8,10-11H2,1-2H3. The second-order valence-electron chi connectivity index (χ2n) is 5.39.